The Morgan fingerprint density at radius 2 is 0.963 bits per heavy atom. The van der Waals surface area contributed by atoms with Gasteiger partial charge in [0.2, 0.25) is 5.08 Å². The third-order valence-corrected chi connectivity index (χ3v) is 7.96. The molecule has 0 aliphatic heterocycles. The molecule has 0 aromatic heterocycles. The van der Waals surface area contributed by atoms with Crippen molar-refractivity contribution < 1.29 is 25.2 Å². The molecule has 0 saturated carbocycles. The Labute approximate surface area is 167 Å². The zero-order valence-corrected chi connectivity index (χ0v) is 19.2. The first kappa shape index (κ1) is 26.8. The molecular weight excluding hydrogens is 388 g/mol. The van der Waals surface area contributed by atoms with Crippen LogP contribution in [0.2, 0.25) is 0 Å². The third-order valence-electron chi connectivity index (χ3n) is 4.52. The lowest BCUT2D eigenvalue weighted by Crippen LogP contribution is -2.28. The van der Waals surface area contributed by atoms with E-state index in [0.717, 1.165) is 51.4 Å². The van der Waals surface area contributed by atoms with Gasteiger partial charge >= 0.3 is 0 Å². The zero-order chi connectivity index (χ0) is 20.8. The van der Waals surface area contributed by atoms with E-state index in [4.69, 9.17) is 8.37 Å². The van der Waals surface area contributed by atoms with Crippen molar-refractivity contribution >= 4 is 20.2 Å². The molecule has 0 aliphatic carbocycles. The van der Waals surface area contributed by atoms with Crippen LogP contribution in [0.25, 0.3) is 0 Å². The lowest BCUT2D eigenvalue weighted by atomic mass is 10.1. The summed E-state index contributed by atoms with van der Waals surface area (Å²) in [6, 6.07) is 0. The van der Waals surface area contributed by atoms with Crippen molar-refractivity contribution in [3.05, 3.63) is 0 Å². The minimum atomic E-state index is -4.19. The first-order chi connectivity index (χ1) is 12.7. The molecule has 0 radical (unpaired) electrons. The summed E-state index contributed by atoms with van der Waals surface area (Å²) in [4.78, 5) is 0. The van der Waals surface area contributed by atoms with E-state index < -0.39 is 37.5 Å². The summed E-state index contributed by atoms with van der Waals surface area (Å²) in [5.41, 5.74) is 0. The summed E-state index contributed by atoms with van der Waals surface area (Å²) < 4.78 is 59.1. The van der Waals surface area contributed by atoms with Crippen molar-refractivity contribution in [1.29, 1.82) is 0 Å². The van der Waals surface area contributed by atoms with E-state index in [9.17, 15) is 16.8 Å². The topological polar surface area (TPSA) is 86.7 Å². The first-order valence-corrected chi connectivity index (χ1v) is 13.7. The van der Waals surface area contributed by atoms with Crippen LogP contribution in [0.4, 0.5) is 0 Å². The lowest BCUT2D eigenvalue weighted by molar-refractivity contribution is 0.185. The molecule has 0 aromatic carbocycles. The van der Waals surface area contributed by atoms with Gasteiger partial charge in [-0.25, -0.2) is 0 Å². The van der Waals surface area contributed by atoms with Crippen molar-refractivity contribution in [3.8, 4) is 0 Å². The highest BCUT2D eigenvalue weighted by Crippen LogP contribution is 2.18. The number of rotatable bonds is 18. The van der Waals surface area contributed by atoms with Crippen LogP contribution in [-0.4, -0.2) is 34.1 Å². The van der Waals surface area contributed by atoms with Crippen molar-refractivity contribution in [2.24, 2.45) is 0 Å². The van der Waals surface area contributed by atoms with E-state index in [1.165, 1.54) is 0 Å². The van der Waals surface area contributed by atoms with E-state index in [-0.39, 0.29) is 0 Å². The maximum atomic E-state index is 12.2. The molecule has 6 nitrogen and oxygen atoms in total. The van der Waals surface area contributed by atoms with Crippen LogP contribution < -0.4 is 0 Å². The molecule has 0 fully saturated rings. The highest BCUT2D eigenvalue weighted by Gasteiger charge is 2.28. The van der Waals surface area contributed by atoms with Crippen LogP contribution in [0.5, 0.6) is 0 Å². The average molecular weight is 429 g/mol. The van der Waals surface area contributed by atoms with Crippen molar-refractivity contribution in [1.82, 2.24) is 0 Å². The van der Waals surface area contributed by atoms with Gasteiger partial charge in [-0.05, 0) is 25.7 Å². The quantitative estimate of drug-likeness (QED) is 0.222. The van der Waals surface area contributed by atoms with Gasteiger partial charge < -0.3 is 0 Å². The summed E-state index contributed by atoms with van der Waals surface area (Å²) in [5, 5.41) is -1.11. The predicted octanol–water partition coefficient (Wildman–Crippen LogP) is 5.13. The van der Waals surface area contributed by atoms with E-state index in [0.29, 0.717) is 25.7 Å². The van der Waals surface area contributed by atoms with Gasteiger partial charge in [-0.1, -0.05) is 79.1 Å². The first-order valence-electron chi connectivity index (χ1n) is 10.5. The highest BCUT2D eigenvalue weighted by atomic mass is 32.3. The fourth-order valence-electron chi connectivity index (χ4n) is 2.89. The maximum Gasteiger partial charge on any atom is 0.284 e. The highest BCUT2D eigenvalue weighted by molar-refractivity contribution is 8.03. The second kappa shape index (κ2) is 14.8. The number of unbranched alkanes of at least 4 members (excludes halogenated alkanes) is 6. The van der Waals surface area contributed by atoms with Gasteiger partial charge in [0.25, 0.3) is 20.2 Å². The minimum Gasteiger partial charge on any atom is -0.266 e. The van der Waals surface area contributed by atoms with Gasteiger partial charge in [0.05, 0.1) is 12.2 Å². The third kappa shape index (κ3) is 14.5. The van der Waals surface area contributed by atoms with Crippen LogP contribution in [-0.2, 0) is 28.6 Å². The molecule has 0 saturated heterocycles. The molecule has 0 aromatic rings. The zero-order valence-electron chi connectivity index (χ0n) is 17.6. The molecule has 0 rings (SSSR count). The van der Waals surface area contributed by atoms with Crippen molar-refractivity contribution in [3.63, 3.8) is 0 Å². The average Bonchev–Trinajstić information content (AvgIpc) is 2.59. The molecule has 8 heteroatoms. The Morgan fingerprint density at radius 1 is 0.593 bits per heavy atom. The predicted molar refractivity (Wildman–Crippen MR) is 111 cm³/mol. The van der Waals surface area contributed by atoms with Gasteiger partial charge in [0, 0.05) is 0 Å². The smallest absolute Gasteiger partial charge is 0.266 e. The summed E-state index contributed by atoms with van der Waals surface area (Å²) >= 11 is 0. The second-order valence-electron chi connectivity index (χ2n) is 7.18. The molecule has 0 amide bonds. The summed E-state index contributed by atoms with van der Waals surface area (Å²) in [6.07, 6.45) is 9.54. The standard InChI is InChI=1S/C19H40O6S2/c1-5-9-11-13-15-18(7-3)24-26(20,21)17-27(22,23)25-19(8-4)16-14-12-10-6-2/h18-19H,5-17H2,1-4H3. The molecule has 0 bridgehead atoms. The molecule has 164 valence electrons. The fraction of sp³-hybridized carbons (Fsp3) is 1.00. The number of hydrogen-bond acceptors (Lipinski definition) is 6. The summed E-state index contributed by atoms with van der Waals surface area (Å²) in [5.74, 6) is 0. The fourth-order valence-corrected chi connectivity index (χ4v) is 6.04. The molecule has 0 heterocycles. The van der Waals surface area contributed by atoms with E-state index in [1.807, 2.05) is 13.8 Å². The Balaban J connectivity index is 4.59. The molecule has 2 unspecified atom stereocenters. The lowest BCUT2D eigenvalue weighted by Gasteiger charge is -2.18. The van der Waals surface area contributed by atoms with Crippen LogP contribution in [0.1, 0.15) is 105 Å². The molecular formula is C19H40O6S2. The van der Waals surface area contributed by atoms with Gasteiger partial charge in [-0.2, -0.15) is 16.8 Å². The Kier molecular flexibility index (Phi) is 14.7. The summed E-state index contributed by atoms with van der Waals surface area (Å²) in [7, 11) is -8.38. The van der Waals surface area contributed by atoms with Gasteiger partial charge in [0.1, 0.15) is 0 Å². The largest absolute Gasteiger partial charge is 0.284 e. The maximum absolute atomic E-state index is 12.2. The van der Waals surface area contributed by atoms with Gasteiger partial charge in [-0.3, -0.25) is 8.37 Å². The second-order valence-corrected chi connectivity index (χ2v) is 10.7. The van der Waals surface area contributed by atoms with E-state index >= 15 is 0 Å². The van der Waals surface area contributed by atoms with Crippen molar-refractivity contribution in [2.75, 3.05) is 5.08 Å². The van der Waals surface area contributed by atoms with Crippen LogP contribution in [0, 0.1) is 0 Å². The number of hydrogen-bond donors (Lipinski definition) is 0. The van der Waals surface area contributed by atoms with E-state index in [1.54, 1.807) is 0 Å². The Morgan fingerprint density at radius 3 is 1.26 bits per heavy atom. The van der Waals surface area contributed by atoms with Crippen LogP contribution >= 0.6 is 0 Å². The monoisotopic (exact) mass is 428 g/mol. The Hall–Kier alpha value is -0.180. The Bertz CT molecular complexity index is 507. The molecule has 2 atom stereocenters. The molecule has 27 heavy (non-hydrogen) atoms. The van der Waals surface area contributed by atoms with Gasteiger partial charge in [0.15, 0.2) is 0 Å². The molecule has 0 N–H and O–H groups in total. The SMILES string of the molecule is CCCCCCC(CC)OS(=O)(=O)CS(=O)(=O)OC(CC)CCCCCC. The van der Waals surface area contributed by atoms with Gasteiger partial charge in [-0.15, -0.1) is 0 Å². The minimum absolute atomic E-state index is 0.474. The van der Waals surface area contributed by atoms with E-state index in [2.05, 4.69) is 13.8 Å². The van der Waals surface area contributed by atoms with Crippen LogP contribution in [0.3, 0.4) is 0 Å². The molecule has 0 aliphatic rings. The molecule has 0 spiro atoms. The summed E-state index contributed by atoms with van der Waals surface area (Å²) in [6.45, 7) is 7.90. The van der Waals surface area contributed by atoms with Crippen molar-refractivity contribution in [2.45, 2.75) is 117 Å². The normalized spacial score (nSPS) is 15.0. The van der Waals surface area contributed by atoms with Crippen LogP contribution in [0.15, 0.2) is 0 Å².